The van der Waals surface area contributed by atoms with Crippen molar-refractivity contribution in [2.45, 2.75) is 6.92 Å². The zero-order valence-corrected chi connectivity index (χ0v) is 15.0. The summed E-state index contributed by atoms with van der Waals surface area (Å²) in [6.45, 7) is 2.06. The molecule has 0 radical (unpaired) electrons. The number of hydrogen-bond acceptors (Lipinski definition) is 3. The molecule has 4 rings (SSSR count). The average Bonchev–Trinajstić information content (AvgIpc) is 3.11. The lowest BCUT2D eigenvalue weighted by Gasteiger charge is -2.10. The van der Waals surface area contributed by atoms with Crippen molar-refractivity contribution >= 4 is 11.0 Å². The van der Waals surface area contributed by atoms with Crippen LogP contribution in [0, 0.1) is 6.92 Å². The van der Waals surface area contributed by atoms with Crippen LogP contribution in [0.1, 0.15) is 5.56 Å². The third kappa shape index (κ3) is 2.80. The Morgan fingerprint density at radius 1 is 0.846 bits per heavy atom. The summed E-state index contributed by atoms with van der Waals surface area (Å²) >= 11 is 0. The number of rotatable bonds is 4. The third-order valence-corrected chi connectivity index (χ3v) is 4.60. The summed E-state index contributed by atoms with van der Waals surface area (Å²) in [5.74, 6) is 1.70. The van der Waals surface area contributed by atoms with Gasteiger partial charge in [-0.05, 0) is 42.3 Å². The summed E-state index contributed by atoms with van der Waals surface area (Å²) in [6, 6.07) is 16.4. The molecule has 4 nitrogen and oxygen atoms in total. The summed E-state index contributed by atoms with van der Waals surface area (Å²) in [5.41, 5.74) is 6.33. The predicted molar refractivity (Wildman–Crippen MR) is 105 cm³/mol. The van der Waals surface area contributed by atoms with Crippen molar-refractivity contribution in [2.75, 3.05) is 14.2 Å². The van der Waals surface area contributed by atoms with Crippen LogP contribution in [-0.4, -0.2) is 24.2 Å². The van der Waals surface area contributed by atoms with Crippen LogP contribution in [0.3, 0.4) is 0 Å². The smallest absolute Gasteiger partial charge is 0.137 e. The number of nitrogens with one attached hydrogen (secondary N) is 1. The van der Waals surface area contributed by atoms with Gasteiger partial charge < -0.3 is 14.5 Å². The highest BCUT2D eigenvalue weighted by molar-refractivity contribution is 5.96. The molecular weight excluding hydrogens is 324 g/mol. The number of methoxy groups -OCH3 is 2. The molecule has 4 aromatic rings. The van der Waals surface area contributed by atoms with E-state index in [4.69, 9.17) is 9.47 Å². The molecule has 26 heavy (non-hydrogen) atoms. The van der Waals surface area contributed by atoms with E-state index in [1.54, 1.807) is 14.2 Å². The lowest BCUT2D eigenvalue weighted by Crippen LogP contribution is -1.90. The van der Waals surface area contributed by atoms with Gasteiger partial charge in [-0.15, -0.1) is 0 Å². The molecule has 0 saturated heterocycles. The topological polar surface area (TPSA) is 47.1 Å². The molecule has 0 amide bonds. The number of aromatic amines is 1. The first-order valence-corrected chi connectivity index (χ1v) is 8.46. The van der Waals surface area contributed by atoms with E-state index in [-0.39, 0.29) is 0 Å². The number of nitrogens with zero attached hydrogens (tertiary/aromatic N) is 1. The van der Waals surface area contributed by atoms with Gasteiger partial charge in [-0.2, -0.15) is 0 Å². The molecule has 4 heteroatoms. The van der Waals surface area contributed by atoms with Crippen LogP contribution < -0.4 is 9.47 Å². The van der Waals surface area contributed by atoms with Crippen LogP contribution in [-0.2, 0) is 0 Å². The lowest BCUT2D eigenvalue weighted by molar-refractivity contribution is 0.415. The van der Waals surface area contributed by atoms with Crippen LogP contribution in [0.4, 0.5) is 0 Å². The fraction of sp³-hybridized carbons (Fsp3) is 0.136. The number of ether oxygens (including phenoxy) is 2. The van der Waals surface area contributed by atoms with Gasteiger partial charge in [0.1, 0.15) is 17.1 Å². The highest BCUT2D eigenvalue weighted by Gasteiger charge is 2.12. The van der Waals surface area contributed by atoms with E-state index in [0.717, 1.165) is 44.8 Å². The maximum atomic E-state index is 5.57. The number of benzene rings is 2. The molecule has 0 aliphatic heterocycles. The van der Waals surface area contributed by atoms with Gasteiger partial charge in [0, 0.05) is 34.5 Å². The van der Waals surface area contributed by atoms with Gasteiger partial charge in [0.05, 0.1) is 14.2 Å². The number of fused-ring (bicyclic) bond motifs is 1. The Balaban J connectivity index is 1.84. The van der Waals surface area contributed by atoms with Gasteiger partial charge in [0.25, 0.3) is 0 Å². The number of aryl methyl sites for hydroxylation is 1. The van der Waals surface area contributed by atoms with Crippen molar-refractivity contribution in [2.24, 2.45) is 0 Å². The predicted octanol–water partition coefficient (Wildman–Crippen LogP) is 5.22. The monoisotopic (exact) mass is 344 g/mol. The van der Waals surface area contributed by atoms with Gasteiger partial charge >= 0.3 is 0 Å². The number of hydrogen-bond donors (Lipinski definition) is 1. The van der Waals surface area contributed by atoms with Gasteiger partial charge in [-0.25, -0.2) is 4.98 Å². The van der Waals surface area contributed by atoms with E-state index in [1.807, 2.05) is 30.6 Å². The van der Waals surface area contributed by atoms with Crippen molar-refractivity contribution < 1.29 is 9.47 Å². The second-order valence-corrected chi connectivity index (χ2v) is 6.25. The van der Waals surface area contributed by atoms with Crippen molar-refractivity contribution in [1.29, 1.82) is 0 Å². The number of pyridine rings is 1. The fourth-order valence-corrected chi connectivity index (χ4v) is 3.20. The first-order valence-electron chi connectivity index (χ1n) is 8.46. The maximum absolute atomic E-state index is 5.57. The standard InChI is InChI=1S/C22H20N2O2/c1-14-4-9-18(21(10-14)26-3)16-11-19-20(13-24-22(19)23-12-16)15-5-7-17(25-2)8-6-15/h4-13H,1-3H3,(H,23,24). The van der Waals surface area contributed by atoms with E-state index in [2.05, 4.69) is 47.2 Å². The molecule has 130 valence electrons. The second kappa shape index (κ2) is 6.56. The van der Waals surface area contributed by atoms with Gasteiger partial charge in [0.15, 0.2) is 0 Å². The molecule has 2 heterocycles. The maximum Gasteiger partial charge on any atom is 0.137 e. The van der Waals surface area contributed by atoms with Crippen LogP contribution >= 0.6 is 0 Å². The van der Waals surface area contributed by atoms with Crippen molar-refractivity contribution in [3.63, 3.8) is 0 Å². The van der Waals surface area contributed by atoms with E-state index in [0.29, 0.717) is 0 Å². The molecule has 0 aliphatic rings. The van der Waals surface area contributed by atoms with Crippen molar-refractivity contribution in [3.8, 4) is 33.8 Å². The van der Waals surface area contributed by atoms with Gasteiger partial charge in [0.2, 0.25) is 0 Å². The number of aromatic nitrogens is 2. The normalized spacial score (nSPS) is 10.9. The zero-order valence-electron chi connectivity index (χ0n) is 15.0. The van der Waals surface area contributed by atoms with E-state index < -0.39 is 0 Å². The molecule has 0 atom stereocenters. The molecule has 0 spiro atoms. The van der Waals surface area contributed by atoms with Crippen LogP contribution in [0.5, 0.6) is 11.5 Å². The second-order valence-electron chi connectivity index (χ2n) is 6.25. The Kier molecular flexibility index (Phi) is 4.09. The van der Waals surface area contributed by atoms with Crippen LogP contribution in [0.15, 0.2) is 60.9 Å². The number of H-pyrrole nitrogens is 1. The minimum atomic E-state index is 0.844. The molecule has 2 aromatic carbocycles. The molecule has 0 aliphatic carbocycles. The van der Waals surface area contributed by atoms with Crippen molar-refractivity contribution in [3.05, 3.63) is 66.5 Å². The Hall–Kier alpha value is -3.27. The molecule has 0 bridgehead atoms. The van der Waals surface area contributed by atoms with E-state index in [9.17, 15) is 0 Å². The fourth-order valence-electron chi connectivity index (χ4n) is 3.20. The van der Waals surface area contributed by atoms with Crippen LogP contribution in [0.25, 0.3) is 33.3 Å². The Morgan fingerprint density at radius 3 is 2.38 bits per heavy atom. The molecule has 0 saturated carbocycles. The Bertz CT molecular complexity index is 1070. The zero-order chi connectivity index (χ0) is 18.1. The molecular formula is C22H20N2O2. The Morgan fingerprint density at radius 2 is 1.65 bits per heavy atom. The van der Waals surface area contributed by atoms with Crippen molar-refractivity contribution in [1.82, 2.24) is 9.97 Å². The quantitative estimate of drug-likeness (QED) is 0.552. The lowest BCUT2D eigenvalue weighted by atomic mass is 10.0. The SMILES string of the molecule is COc1ccc(-c2c[nH]c3ncc(-c4ccc(C)cc4OC)cc23)cc1. The summed E-state index contributed by atoms with van der Waals surface area (Å²) in [7, 11) is 3.37. The third-order valence-electron chi connectivity index (χ3n) is 4.60. The van der Waals surface area contributed by atoms with Gasteiger partial charge in [-0.1, -0.05) is 24.3 Å². The summed E-state index contributed by atoms with van der Waals surface area (Å²) in [6.07, 6.45) is 3.87. The molecule has 1 N–H and O–H groups in total. The molecule has 2 aromatic heterocycles. The summed E-state index contributed by atoms with van der Waals surface area (Å²) in [5, 5.41) is 1.08. The average molecular weight is 344 g/mol. The highest BCUT2D eigenvalue weighted by Crippen LogP contribution is 2.35. The Labute approximate surface area is 152 Å². The highest BCUT2D eigenvalue weighted by atomic mass is 16.5. The van der Waals surface area contributed by atoms with Gasteiger partial charge in [-0.3, -0.25) is 0 Å². The minimum Gasteiger partial charge on any atom is -0.497 e. The minimum absolute atomic E-state index is 0.844. The molecule has 0 unspecified atom stereocenters. The summed E-state index contributed by atoms with van der Waals surface area (Å²) < 4.78 is 10.8. The van der Waals surface area contributed by atoms with Crippen LogP contribution in [0.2, 0.25) is 0 Å². The first-order chi connectivity index (χ1) is 12.7. The largest absolute Gasteiger partial charge is 0.497 e. The van der Waals surface area contributed by atoms with E-state index >= 15 is 0 Å². The summed E-state index contributed by atoms with van der Waals surface area (Å²) in [4.78, 5) is 7.86. The van der Waals surface area contributed by atoms with E-state index in [1.165, 1.54) is 5.56 Å². The molecule has 0 fully saturated rings. The first kappa shape index (κ1) is 16.2.